The first-order valence-corrected chi connectivity index (χ1v) is 11.4. The number of methoxy groups -OCH3 is 1. The SMILES string of the molecule is C=C(CC(=O)OC)C(=O)O[Si](c1ccc(F)cc1)(c1ccc(F)cc1)c1ccc(F)cc1. The van der Waals surface area contributed by atoms with Gasteiger partial charge < -0.3 is 9.16 Å². The Labute approximate surface area is 184 Å². The van der Waals surface area contributed by atoms with Gasteiger partial charge in [0.25, 0.3) is 0 Å². The third kappa shape index (κ3) is 4.81. The van der Waals surface area contributed by atoms with Crippen molar-refractivity contribution in [1.29, 1.82) is 0 Å². The van der Waals surface area contributed by atoms with E-state index in [0.29, 0.717) is 15.6 Å². The Morgan fingerprint density at radius 1 is 0.750 bits per heavy atom. The van der Waals surface area contributed by atoms with Gasteiger partial charge >= 0.3 is 20.3 Å². The molecule has 0 aliphatic carbocycles. The average molecular weight is 456 g/mol. The largest absolute Gasteiger partial charge is 0.502 e. The number of hydrogen-bond acceptors (Lipinski definition) is 4. The van der Waals surface area contributed by atoms with Gasteiger partial charge in [0, 0.05) is 5.57 Å². The molecule has 3 aromatic carbocycles. The molecule has 0 saturated heterocycles. The van der Waals surface area contributed by atoms with E-state index in [2.05, 4.69) is 11.3 Å². The lowest BCUT2D eigenvalue weighted by molar-refractivity contribution is -0.141. The predicted molar refractivity (Wildman–Crippen MR) is 116 cm³/mol. The van der Waals surface area contributed by atoms with Crippen LogP contribution in [-0.4, -0.2) is 27.4 Å². The van der Waals surface area contributed by atoms with Crippen LogP contribution in [0.15, 0.2) is 84.9 Å². The van der Waals surface area contributed by atoms with Crippen LogP contribution >= 0.6 is 0 Å². The van der Waals surface area contributed by atoms with Gasteiger partial charge in [0.2, 0.25) is 0 Å². The Kier molecular flexibility index (Phi) is 6.94. The Morgan fingerprint density at radius 3 is 1.41 bits per heavy atom. The summed E-state index contributed by atoms with van der Waals surface area (Å²) in [6, 6.07) is 16.0. The van der Waals surface area contributed by atoms with Crippen LogP contribution in [0.25, 0.3) is 0 Å². The highest BCUT2D eigenvalue weighted by Crippen LogP contribution is 2.15. The van der Waals surface area contributed by atoms with Gasteiger partial charge in [-0.05, 0) is 52.0 Å². The highest BCUT2D eigenvalue weighted by molar-refractivity contribution is 7.07. The molecule has 8 heteroatoms. The molecule has 0 heterocycles. The molecule has 3 rings (SSSR count). The minimum atomic E-state index is -3.74. The average Bonchev–Trinajstić information content (AvgIpc) is 2.79. The number of hydrogen-bond donors (Lipinski definition) is 0. The molecule has 164 valence electrons. The molecule has 3 aromatic rings. The number of benzene rings is 3. The zero-order valence-corrected chi connectivity index (χ0v) is 18.1. The molecule has 4 nitrogen and oxygen atoms in total. The fourth-order valence-corrected chi connectivity index (χ4v) is 6.94. The first kappa shape index (κ1) is 23.0. The van der Waals surface area contributed by atoms with Crippen LogP contribution < -0.4 is 15.6 Å². The predicted octanol–water partition coefficient (Wildman–Crippen LogP) is 2.73. The number of halogens is 3. The summed E-state index contributed by atoms with van der Waals surface area (Å²) in [5.74, 6) is -3.06. The molecule has 0 saturated carbocycles. The maximum absolute atomic E-state index is 13.7. The van der Waals surface area contributed by atoms with Crippen LogP contribution in [-0.2, 0) is 18.8 Å². The third-order valence-electron chi connectivity index (χ3n) is 4.87. The van der Waals surface area contributed by atoms with Crippen molar-refractivity contribution < 1.29 is 31.9 Å². The second-order valence-corrected chi connectivity index (χ2v) is 10.2. The molecule has 0 fully saturated rings. The molecule has 0 unspecified atom stereocenters. The van der Waals surface area contributed by atoms with Crippen LogP contribution in [0.1, 0.15) is 6.42 Å². The van der Waals surface area contributed by atoms with Crippen LogP contribution in [0.4, 0.5) is 13.2 Å². The quantitative estimate of drug-likeness (QED) is 0.238. The van der Waals surface area contributed by atoms with E-state index in [1.807, 2.05) is 0 Å². The number of carbonyl (C=O) groups excluding carboxylic acids is 2. The van der Waals surface area contributed by atoms with Crippen molar-refractivity contribution in [2.75, 3.05) is 7.11 Å². The van der Waals surface area contributed by atoms with Crippen LogP contribution in [0, 0.1) is 17.5 Å². The number of esters is 1. The molecular weight excluding hydrogens is 437 g/mol. The van der Waals surface area contributed by atoms with E-state index >= 15 is 0 Å². The Hall–Kier alpha value is -3.65. The smallest absolute Gasteiger partial charge is 0.350 e. The summed E-state index contributed by atoms with van der Waals surface area (Å²) >= 11 is 0. The molecule has 0 atom stereocenters. The molecular formula is C24H19F3O4Si. The summed E-state index contributed by atoms with van der Waals surface area (Å²) < 4.78 is 51.7. The summed E-state index contributed by atoms with van der Waals surface area (Å²) in [6.07, 6.45) is -0.393. The van der Waals surface area contributed by atoms with Gasteiger partial charge in [0.1, 0.15) is 17.5 Å². The normalized spacial score (nSPS) is 11.0. The molecule has 0 radical (unpaired) electrons. The fraction of sp³-hybridized carbons (Fsp3) is 0.0833. The summed E-state index contributed by atoms with van der Waals surface area (Å²) in [5, 5.41) is 1.36. The van der Waals surface area contributed by atoms with Gasteiger partial charge in [-0.1, -0.05) is 43.0 Å². The monoisotopic (exact) mass is 456 g/mol. The minimum Gasteiger partial charge on any atom is -0.502 e. The van der Waals surface area contributed by atoms with Crippen LogP contribution in [0.2, 0.25) is 0 Å². The lowest BCUT2D eigenvalue weighted by Gasteiger charge is -2.32. The molecule has 0 aromatic heterocycles. The maximum Gasteiger partial charge on any atom is 0.350 e. The lowest BCUT2D eigenvalue weighted by atomic mass is 10.2. The molecule has 0 aliphatic heterocycles. The van der Waals surface area contributed by atoms with E-state index in [1.54, 1.807) is 0 Å². The van der Waals surface area contributed by atoms with E-state index < -0.39 is 44.1 Å². The molecule has 0 N–H and O–H groups in total. The zero-order chi connectivity index (χ0) is 23.3. The molecule has 0 bridgehead atoms. The van der Waals surface area contributed by atoms with Crippen LogP contribution in [0.5, 0.6) is 0 Å². The Balaban J connectivity index is 2.23. The van der Waals surface area contributed by atoms with Gasteiger partial charge in [-0.15, -0.1) is 0 Å². The van der Waals surface area contributed by atoms with Crippen molar-refractivity contribution in [3.63, 3.8) is 0 Å². The van der Waals surface area contributed by atoms with E-state index in [0.717, 1.165) is 0 Å². The van der Waals surface area contributed by atoms with E-state index in [4.69, 9.17) is 4.43 Å². The summed E-state index contributed by atoms with van der Waals surface area (Å²) in [7, 11) is -2.57. The van der Waals surface area contributed by atoms with E-state index in [-0.39, 0.29) is 5.57 Å². The zero-order valence-electron chi connectivity index (χ0n) is 17.1. The van der Waals surface area contributed by atoms with Crippen molar-refractivity contribution in [3.05, 3.63) is 102 Å². The Morgan fingerprint density at radius 2 is 1.09 bits per heavy atom. The first-order valence-electron chi connectivity index (χ1n) is 9.52. The van der Waals surface area contributed by atoms with Crippen molar-refractivity contribution in [3.8, 4) is 0 Å². The fourth-order valence-electron chi connectivity index (χ4n) is 3.26. The number of carbonyl (C=O) groups is 2. The van der Waals surface area contributed by atoms with Gasteiger partial charge in [0.15, 0.2) is 0 Å². The first-order chi connectivity index (χ1) is 15.3. The van der Waals surface area contributed by atoms with Gasteiger partial charge in [0.05, 0.1) is 13.5 Å². The lowest BCUT2D eigenvalue weighted by Crippen LogP contribution is -2.70. The second-order valence-electron chi connectivity index (χ2n) is 6.95. The summed E-state index contributed by atoms with van der Waals surface area (Å²) in [4.78, 5) is 24.6. The van der Waals surface area contributed by atoms with Crippen molar-refractivity contribution >= 4 is 35.8 Å². The van der Waals surface area contributed by atoms with Crippen molar-refractivity contribution in [1.82, 2.24) is 0 Å². The summed E-state index contributed by atoms with van der Waals surface area (Å²) in [5.41, 5.74) is -0.153. The Bertz CT molecular complexity index is 1020. The van der Waals surface area contributed by atoms with Crippen molar-refractivity contribution in [2.45, 2.75) is 6.42 Å². The number of rotatable bonds is 7. The van der Waals surface area contributed by atoms with Gasteiger partial charge in [-0.3, -0.25) is 4.79 Å². The highest BCUT2D eigenvalue weighted by atomic mass is 28.4. The number of ether oxygens (including phenoxy) is 1. The minimum absolute atomic E-state index is 0.153. The van der Waals surface area contributed by atoms with Crippen LogP contribution in [0.3, 0.4) is 0 Å². The highest BCUT2D eigenvalue weighted by Gasteiger charge is 2.46. The standard InChI is InChI=1S/C24H19F3O4Si/c1-16(15-23(28)30-2)24(29)31-32(20-9-3-17(25)4-10-20,21-11-5-18(26)6-12-21)22-13-7-19(27)8-14-22/h3-14H,1,15H2,2H3. The van der Waals surface area contributed by atoms with E-state index in [9.17, 15) is 22.8 Å². The van der Waals surface area contributed by atoms with Gasteiger partial charge in [-0.2, -0.15) is 0 Å². The second kappa shape index (κ2) is 9.65. The molecule has 32 heavy (non-hydrogen) atoms. The summed E-state index contributed by atoms with van der Waals surface area (Å²) in [6.45, 7) is 3.62. The van der Waals surface area contributed by atoms with E-state index in [1.165, 1.54) is 79.9 Å². The third-order valence-corrected chi connectivity index (χ3v) is 8.80. The molecule has 0 spiro atoms. The molecule has 0 aliphatic rings. The van der Waals surface area contributed by atoms with Gasteiger partial charge in [-0.25, -0.2) is 18.0 Å². The van der Waals surface area contributed by atoms with Crippen molar-refractivity contribution in [2.24, 2.45) is 0 Å². The maximum atomic E-state index is 13.7. The topological polar surface area (TPSA) is 52.6 Å². The molecule has 0 amide bonds.